The number of nitrogens with zero attached hydrogens (tertiary/aromatic N) is 1. The number of aromatic amines is 1. The van der Waals surface area contributed by atoms with Gasteiger partial charge in [-0.2, -0.15) is 12.6 Å². The highest BCUT2D eigenvalue weighted by Crippen LogP contribution is 2.03. The number of nitrogens with two attached hydrogens (primary N) is 1. The highest BCUT2D eigenvalue weighted by Gasteiger charge is 2.34. The Balaban J connectivity index is 3.00. The second-order valence-electron chi connectivity index (χ2n) is 6.92. The second-order valence-corrected chi connectivity index (χ2v) is 7.29. The van der Waals surface area contributed by atoms with Crippen molar-refractivity contribution in [1.82, 2.24) is 25.9 Å². The third-order valence-electron chi connectivity index (χ3n) is 4.25. The van der Waals surface area contributed by atoms with E-state index in [-0.39, 0.29) is 12.2 Å². The van der Waals surface area contributed by atoms with Crippen LogP contribution in [0.2, 0.25) is 0 Å². The third-order valence-corrected chi connectivity index (χ3v) is 4.65. The van der Waals surface area contributed by atoms with E-state index in [1.54, 1.807) is 0 Å². The number of carbonyl (C=O) groups excluding carboxylic acids is 3. The van der Waals surface area contributed by atoms with E-state index in [0.29, 0.717) is 5.69 Å². The molecule has 1 rings (SSSR count). The number of aliphatic hydroxyl groups excluding tert-OH is 2. The van der Waals surface area contributed by atoms with Gasteiger partial charge in [0.15, 0.2) is 6.04 Å². The lowest BCUT2D eigenvalue weighted by Crippen LogP contribution is -2.61. The SMILES string of the molecule is CC(O)C(NC(=O)C(NC(=O)C(Cc1cnc[nH]1)NC(=O)C(N)CS)C(C)O)C(=O)O. The van der Waals surface area contributed by atoms with Crippen LogP contribution in [0.25, 0.3) is 0 Å². The first kappa shape index (κ1) is 26.4. The number of rotatable bonds is 12. The molecular formula is C17H28N6O7S. The number of aromatic nitrogens is 2. The molecule has 9 N–H and O–H groups in total. The number of aliphatic carboxylic acids is 1. The fraction of sp³-hybridized carbons (Fsp3) is 0.588. The summed E-state index contributed by atoms with van der Waals surface area (Å²) in [6.45, 7) is 2.37. The van der Waals surface area contributed by atoms with Crippen molar-refractivity contribution in [3.8, 4) is 0 Å². The summed E-state index contributed by atoms with van der Waals surface area (Å²) in [5, 5.41) is 35.4. The summed E-state index contributed by atoms with van der Waals surface area (Å²) in [7, 11) is 0. The number of carbonyl (C=O) groups is 4. The van der Waals surface area contributed by atoms with Crippen LogP contribution in [-0.4, -0.2) is 91.1 Å². The van der Waals surface area contributed by atoms with Crippen molar-refractivity contribution in [3.05, 3.63) is 18.2 Å². The summed E-state index contributed by atoms with van der Waals surface area (Å²) in [5.74, 6) is -4.00. The average Bonchev–Trinajstić information content (AvgIpc) is 3.20. The predicted octanol–water partition coefficient (Wildman–Crippen LogP) is -3.49. The van der Waals surface area contributed by atoms with Crippen LogP contribution in [0.15, 0.2) is 12.5 Å². The smallest absolute Gasteiger partial charge is 0.328 e. The summed E-state index contributed by atoms with van der Waals surface area (Å²) in [6, 6.07) is -5.40. The number of thiol groups is 1. The average molecular weight is 461 g/mol. The third kappa shape index (κ3) is 8.16. The van der Waals surface area contributed by atoms with Gasteiger partial charge in [0.2, 0.25) is 17.7 Å². The van der Waals surface area contributed by atoms with E-state index >= 15 is 0 Å². The molecule has 0 spiro atoms. The molecule has 0 radical (unpaired) electrons. The zero-order valence-electron chi connectivity index (χ0n) is 17.0. The molecule has 0 saturated heterocycles. The fourth-order valence-electron chi connectivity index (χ4n) is 2.48. The Labute approximate surface area is 183 Å². The summed E-state index contributed by atoms with van der Waals surface area (Å²) in [4.78, 5) is 55.2. The van der Waals surface area contributed by atoms with Gasteiger partial charge in [-0.25, -0.2) is 9.78 Å². The molecular weight excluding hydrogens is 432 g/mol. The molecule has 0 aromatic carbocycles. The maximum atomic E-state index is 12.8. The first-order valence-corrected chi connectivity index (χ1v) is 9.94. The molecule has 0 bridgehead atoms. The number of aliphatic hydroxyl groups is 2. The molecule has 14 heteroatoms. The number of hydrogen-bond donors (Lipinski definition) is 9. The van der Waals surface area contributed by atoms with Crippen LogP contribution in [-0.2, 0) is 25.6 Å². The Kier molecular flexibility index (Phi) is 10.4. The molecule has 174 valence electrons. The Bertz CT molecular complexity index is 758. The minimum absolute atomic E-state index is 0.0266. The second kappa shape index (κ2) is 12.2. The van der Waals surface area contributed by atoms with Gasteiger partial charge in [-0.3, -0.25) is 14.4 Å². The van der Waals surface area contributed by atoms with E-state index in [9.17, 15) is 29.4 Å². The van der Waals surface area contributed by atoms with Gasteiger partial charge < -0.3 is 42.0 Å². The standard InChI is InChI=1S/C17H28N6O7S/c1-7(24)12(16(28)23-13(8(2)25)17(29)30)22-15(27)11(3-9-4-19-6-20-9)21-14(26)10(18)5-31/h4,6-8,10-13,24-25,31H,3,5,18H2,1-2H3,(H,19,20)(H,21,26)(H,22,27)(H,23,28)(H,29,30). The minimum Gasteiger partial charge on any atom is -0.480 e. The molecule has 13 nitrogen and oxygen atoms in total. The van der Waals surface area contributed by atoms with Crippen LogP contribution in [0.5, 0.6) is 0 Å². The van der Waals surface area contributed by atoms with Gasteiger partial charge in [0, 0.05) is 24.1 Å². The molecule has 31 heavy (non-hydrogen) atoms. The van der Waals surface area contributed by atoms with Gasteiger partial charge >= 0.3 is 5.97 Å². The maximum Gasteiger partial charge on any atom is 0.328 e. The van der Waals surface area contributed by atoms with Crippen LogP contribution in [0.3, 0.4) is 0 Å². The van der Waals surface area contributed by atoms with Crippen LogP contribution in [0.4, 0.5) is 0 Å². The molecule has 1 aromatic rings. The van der Waals surface area contributed by atoms with Gasteiger partial charge in [0.1, 0.15) is 12.1 Å². The van der Waals surface area contributed by atoms with Crippen LogP contribution < -0.4 is 21.7 Å². The first-order chi connectivity index (χ1) is 14.5. The number of imidazole rings is 1. The number of carboxylic acids is 1. The van der Waals surface area contributed by atoms with Gasteiger partial charge in [-0.15, -0.1) is 0 Å². The molecule has 0 fully saturated rings. The lowest BCUT2D eigenvalue weighted by atomic mass is 10.1. The number of hydrogen-bond acceptors (Lipinski definition) is 9. The van der Waals surface area contributed by atoms with Crippen LogP contribution in [0.1, 0.15) is 19.5 Å². The normalized spacial score (nSPS) is 16.8. The quantitative estimate of drug-likeness (QED) is 0.141. The van der Waals surface area contributed by atoms with Gasteiger partial charge in [-0.05, 0) is 13.8 Å². The zero-order valence-corrected chi connectivity index (χ0v) is 17.9. The summed E-state index contributed by atoms with van der Waals surface area (Å²) < 4.78 is 0. The topological polar surface area (TPSA) is 220 Å². The molecule has 0 aliphatic carbocycles. The highest BCUT2D eigenvalue weighted by atomic mass is 32.1. The number of nitrogens with one attached hydrogen (secondary N) is 4. The van der Waals surface area contributed by atoms with Gasteiger partial charge in [0.25, 0.3) is 0 Å². The van der Waals surface area contributed by atoms with Gasteiger partial charge in [-0.1, -0.05) is 0 Å². The Hall–Kier alpha value is -2.68. The van der Waals surface area contributed by atoms with Gasteiger partial charge in [0.05, 0.1) is 24.6 Å². The fourth-order valence-corrected chi connectivity index (χ4v) is 2.64. The molecule has 6 unspecified atom stereocenters. The highest BCUT2D eigenvalue weighted by molar-refractivity contribution is 7.80. The Morgan fingerprint density at radius 1 is 1.06 bits per heavy atom. The monoisotopic (exact) mass is 460 g/mol. The molecule has 3 amide bonds. The molecule has 0 saturated carbocycles. The van der Waals surface area contributed by atoms with E-state index in [1.165, 1.54) is 19.4 Å². The Morgan fingerprint density at radius 3 is 2.10 bits per heavy atom. The minimum atomic E-state index is -1.65. The lowest BCUT2D eigenvalue weighted by molar-refractivity contribution is -0.146. The summed E-state index contributed by atoms with van der Waals surface area (Å²) in [5.41, 5.74) is 6.12. The lowest BCUT2D eigenvalue weighted by Gasteiger charge is -2.26. The van der Waals surface area contributed by atoms with Crippen LogP contribution in [0, 0.1) is 0 Å². The van der Waals surface area contributed by atoms with Crippen molar-refractivity contribution in [2.75, 3.05) is 5.75 Å². The van der Waals surface area contributed by atoms with Crippen molar-refractivity contribution in [2.45, 2.75) is 56.6 Å². The van der Waals surface area contributed by atoms with Crippen molar-refractivity contribution in [1.29, 1.82) is 0 Å². The summed E-state index contributed by atoms with van der Waals surface area (Å²) >= 11 is 3.94. The maximum absolute atomic E-state index is 12.8. The van der Waals surface area contributed by atoms with Crippen LogP contribution >= 0.6 is 12.6 Å². The number of H-pyrrole nitrogens is 1. The number of carboxylic acid groups (broad SMARTS) is 1. The predicted molar refractivity (Wildman–Crippen MR) is 111 cm³/mol. The molecule has 1 heterocycles. The van der Waals surface area contributed by atoms with E-state index < -0.39 is 60.1 Å². The first-order valence-electron chi connectivity index (χ1n) is 9.31. The molecule has 1 aromatic heterocycles. The molecule has 0 aliphatic heterocycles. The molecule has 0 aliphatic rings. The van der Waals surface area contributed by atoms with E-state index in [4.69, 9.17) is 10.8 Å². The van der Waals surface area contributed by atoms with E-state index in [0.717, 1.165) is 6.92 Å². The van der Waals surface area contributed by atoms with E-state index in [1.807, 2.05) is 0 Å². The Morgan fingerprint density at radius 2 is 1.65 bits per heavy atom. The summed E-state index contributed by atoms with van der Waals surface area (Å²) in [6.07, 6.45) is -0.0716. The van der Waals surface area contributed by atoms with E-state index in [2.05, 4.69) is 38.5 Å². The zero-order chi connectivity index (χ0) is 23.7. The number of amides is 3. The van der Waals surface area contributed by atoms with Crippen molar-refractivity contribution in [2.24, 2.45) is 5.73 Å². The largest absolute Gasteiger partial charge is 0.480 e. The van der Waals surface area contributed by atoms with Crippen molar-refractivity contribution < 1.29 is 34.5 Å². The molecule has 6 atom stereocenters. The van der Waals surface area contributed by atoms with Crippen molar-refractivity contribution >= 4 is 36.3 Å². The van der Waals surface area contributed by atoms with Crippen molar-refractivity contribution in [3.63, 3.8) is 0 Å².